The Kier molecular flexibility index (Phi) is 4.56. The molecule has 0 spiro atoms. The van der Waals surface area contributed by atoms with E-state index in [0.717, 1.165) is 18.5 Å². The van der Waals surface area contributed by atoms with E-state index >= 15 is 0 Å². The van der Waals surface area contributed by atoms with Gasteiger partial charge in [0, 0.05) is 12.7 Å². The number of aromatic nitrogens is 2. The van der Waals surface area contributed by atoms with Crippen LogP contribution in [0.4, 0.5) is 0 Å². The fourth-order valence-corrected chi connectivity index (χ4v) is 2.11. The highest BCUT2D eigenvalue weighted by Crippen LogP contribution is 2.17. The van der Waals surface area contributed by atoms with Gasteiger partial charge < -0.3 is 5.32 Å². The third kappa shape index (κ3) is 3.26. The second-order valence-electron chi connectivity index (χ2n) is 4.90. The Morgan fingerprint density at radius 1 is 1.25 bits per heavy atom. The van der Waals surface area contributed by atoms with Crippen LogP contribution >= 0.6 is 0 Å². The summed E-state index contributed by atoms with van der Waals surface area (Å²) in [6.07, 6.45) is 2.67. The monoisotopic (exact) mass is 271 g/mol. The first-order valence-corrected chi connectivity index (χ1v) is 7.05. The molecular weight excluding hydrogens is 250 g/mol. The fourth-order valence-electron chi connectivity index (χ4n) is 2.11. The first-order valence-electron chi connectivity index (χ1n) is 7.05. The summed E-state index contributed by atoms with van der Waals surface area (Å²) in [5.41, 5.74) is 2.82. The summed E-state index contributed by atoms with van der Waals surface area (Å²) in [7, 11) is 0. The first kappa shape index (κ1) is 14.3. The average Bonchev–Trinajstić information content (AvgIpc) is 2.94. The Bertz CT molecular complexity index is 572. The summed E-state index contributed by atoms with van der Waals surface area (Å²) in [6.45, 7) is 6.88. The predicted octanol–water partition coefficient (Wildman–Crippen LogP) is 3.09. The van der Waals surface area contributed by atoms with Crippen molar-refractivity contribution in [2.75, 3.05) is 0 Å². The van der Waals surface area contributed by atoms with Gasteiger partial charge in [-0.05, 0) is 31.9 Å². The zero-order valence-corrected chi connectivity index (χ0v) is 12.3. The quantitative estimate of drug-likeness (QED) is 0.908. The lowest BCUT2D eigenvalue weighted by Gasteiger charge is -2.17. The van der Waals surface area contributed by atoms with Crippen LogP contribution in [0.5, 0.6) is 0 Å². The van der Waals surface area contributed by atoms with Gasteiger partial charge in [0.1, 0.15) is 5.69 Å². The maximum absolute atomic E-state index is 12.2. The van der Waals surface area contributed by atoms with E-state index < -0.39 is 0 Å². The molecule has 1 N–H and O–H groups in total. The normalized spacial score (nSPS) is 12.2. The van der Waals surface area contributed by atoms with Crippen molar-refractivity contribution in [3.8, 4) is 0 Å². The molecule has 1 heterocycles. The van der Waals surface area contributed by atoms with Crippen molar-refractivity contribution in [2.24, 2.45) is 0 Å². The summed E-state index contributed by atoms with van der Waals surface area (Å²) < 4.78 is 1.75. The third-order valence-corrected chi connectivity index (χ3v) is 3.39. The van der Waals surface area contributed by atoms with E-state index in [1.807, 2.05) is 13.1 Å². The Morgan fingerprint density at radius 2 is 1.95 bits per heavy atom. The standard InChI is InChI=1S/C16H21N3O/c1-4-14(13-8-6-12(3)7-9-13)17-16(20)15-10-11-19(5-2)18-15/h6-11,14H,4-5H2,1-3H3,(H,17,20)/t14-/m1/s1. The summed E-state index contributed by atoms with van der Waals surface area (Å²) in [6, 6.07) is 10.0. The molecule has 1 aromatic carbocycles. The van der Waals surface area contributed by atoms with Gasteiger partial charge in [-0.1, -0.05) is 36.8 Å². The van der Waals surface area contributed by atoms with Crippen molar-refractivity contribution in [3.05, 3.63) is 53.3 Å². The van der Waals surface area contributed by atoms with E-state index in [4.69, 9.17) is 0 Å². The molecule has 106 valence electrons. The Labute approximate surface area is 119 Å². The smallest absolute Gasteiger partial charge is 0.272 e. The third-order valence-electron chi connectivity index (χ3n) is 3.39. The van der Waals surface area contributed by atoms with Crippen LogP contribution in [0, 0.1) is 6.92 Å². The molecule has 0 aliphatic carbocycles. The molecule has 0 aliphatic rings. The zero-order chi connectivity index (χ0) is 14.5. The summed E-state index contributed by atoms with van der Waals surface area (Å²) in [5.74, 6) is -0.121. The highest BCUT2D eigenvalue weighted by Gasteiger charge is 2.15. The minimum absolute atomic E-state index is 0.0230. The molecule has 0 radical (unpaired) electrons. The molecule has 0 aliphatic heterocycles. The number of carbonyl (C=O) groups excluding carboxylic acids is 1. The molecule has 1 atom stereocenters. The zero-order valence-electron chi connectivity index (χ0n) is 12.3. The van der Waals surface area contributed by atoms with Gasteiger partial charge in [-0.15, -0.1) is 0 Å². The second-order valence-corrected chi connectivity index (χ2v) is 4.90. The van der Waals surface area contributed by atoms with Crippen molar-refractivity contribution in [1.82, 2.24) is 15.1 Å². The lowest BCUT2D eigenvalue weighted by Crippen LogP contribution is -2.28. The second kappa shape index (κ2) is 6.37. The van der Waals surface area contributed by atoms with Gasteiger partial charge in [0.25, 0.3) is 5.91 Å². The van der Waals surface area contributed by atoms with Crippen LogP contribution in [0.25, 0.3) is 0 Å². The summed E-state index contributed by atoms with van der Waals surface area (Å²) in [5, 5.41) is 7.27. The number of hydrogen-bond donors (Lipinski definition) is 1. The van der Waals surface area contributed by atoms with E-state index in [1.54, 1.807) is 10.7 Å². The summed E-state index contributed by atoms with van der Waals surface area (Å²) in [4.78, 5) is 12.2. The van der Waals surface area contributed by atoms with Gasteiger partial charge in [-0.2, -0.15) is 5.10 Å². The first-order chi connectivity index (χ1) is 9.63. The van der Waals surface area contributed by atoms with Gasteiger partial charge in [0.05, 0.1) is 6.04 Å². The Morgan fingerprint density at radius 3 is 2.50 bits per heavy atom. The average molecular weight is 271 g/mol. The van der Waals surface area contributed by atoms with Crippen molar-refractivity contribution >= 4 is 5.91 Å². The lowest BCUT2D eigenvalue weighted by molar-refractivity contribution is 0.0929. The number of rotatable bonds is 5. The number of aryl methyl sites for hydroxylation is 2. The van der Waals surface area contributed by atoms with Crippen LogP contribution in [0.3, 0.4) is 0 Å². The molecule has 4 heteroatoms. The Balaban J connectivity index is 2.09. The summed E-state index contributed by atoms with van der Waals surface area (Å²) >= 11 is 0. The minimum Gasteiger partial charge on any atom is -0.344 e. The fraction of sp³-hybridized carbons (Fsp3) is 0.375. The molecule has 0 unspecified atom stereocenters. The topological polar surface area (TPSA) is 46.9 Å². The molecule has 0 saturated heterocycles. The molecule has 0 fully saturated rings. The van der Waals surface area contributed by atoms with Gasteiger partial charge in [-0.3, -0.25) is 9.48 Å². The molecule has 0 saturated carbocycles. The van der Waals surface area contributed by atoms with Crippen molar-refractivity contribution in [2.45, 2.75) is 39.8 Å². The molecule has 2 rings (SSSR count). The number of amides is 1. The number of carbonyl (C=O) groups is 1. The molecule has 1 amide bonds. The minimum atomic E-state index is -0.121. The maximum Gasteiger partial charge on any atom is 0.272 e. The van der Waals surface area contributed by atoms with E-state index in [-0.39, 0.29) is 11.9 Å². The van der Waals surface area contributed by atoms with Gasteiger partial charge in [0.2, 0.25) is 0 Å². The highest BCUT2D eigenvalue weighted by atomic mass is 16.2. The van der Waals surface area contributed by atoms with Crippen molar-refractivity contribution in [1.29, 1.82) is 0 Å². The number of benzene rings is 1. The number of nitrogens with zero attached hydrogens (tertiary/aromatic N) is 2. The largest absolute Gasteiger partial charge is 0.344 e. The van der Waals surface area contributed by atoms with Gasteiger partial charge in [-0.25, -0.2) is 0 Å². The van der Waals surface area contributed by atoms with Crippen LogP contribution in [-0.4, -0.2) is 15.7 Å². The molecule has 0 bridgehead atoms. The molecular formula is C16H21N3O. The molecule has 1 aromatic heterocycles. The van der Waals surface area contributed by atoms with Crippen LogP contribution in [0.2, 0.25) is 0 Å². The van der Waals surface area contributed by atoms with Crippen molar-refractivity contribution in [3.63, 3.8) is 0 Å². The lowest BCUT2D eigenvalue weighted by atomic mass is 10.0. The van der Waals surface area contributed by atoms with Crippen molar-refractivity contribution < 1.29 is 4.79 Å². The van der Waals surface area contributed by atoms with Crippen LogP contribution in [0.1, 0.15) is 47.9 Å². The predicted molar refractivity (Wildman–Crippen MR) is 79.6 cm³/mol. The maximum atomic E-state index is 12.2. The number of nitrogens with one attached hydrogen (secondary N) is 1. The number of hydrogen-bond acceptors (Lipinski definition) is 2. The molecule has 20 heavy (non-hydrogen) atoms. The molecule has 4 nitrogen and oxygen atoms in total. The highest BCUT2D eigenvalue weighted by molar-refractivity contribution is 5.92. The van der Waals surface area contributed by atoms with Crippen LogP contribution < -0.4 is 5.32 Å². The SMILES string of the molecule is CC[C@@H](NC(=O)c1ccn(CC)n1)c1ccc(C)cc1. The van der Waals surface area contributed by atoms with E-state index in [0.29, 0.717) is 5.69 Å². The van der Waals surface area contributed by atoms with Crippen LogP contribution in [0.15, 0.2) is 36.5 Å². The van der Waals surface area contributed by atoms with E-state index in [9.17, 15) is 4.79 Å². The van der Waals surface area contributed by atoms with E-state index in [1.165, 1.54) is 5.56 Å². The van der Waals surface area contributed by atoms with E-state index in [2.05, 4.69) is 48.5 Å². The molecule has 2 aromatic rings. The van der Waals surface area contributed by atoms with Gasteiger partial charge in [0.15, 0.2) is 0 Å². The Hall–Kier alpha value is -2.10. The van der Waals surface area contributed by atoms with Crippen LogP contribution in [-0.2, 0) is 6.54 Å². The van der Waals surface area contributed by atoms with Gasteiger partial charge >= 0.3 is 0 Å².